The van der Waals surface area contributed by atoms with Gasteiger partial charge in [0, 0.05) is 12.2 Å². The summed E-state index contributed by atoms with van der Waals surface area (Å²) in [6, 6.07) is 0. The second-order valence-corrected chi connectivity index (χ2v) is 4.48. The first-order chi connectivity index (χ1) is 5.77. The molecule has 66 valence electrons. The van der Waals surface area contributed by atoms with Gasteiger partial charge in [0.05, 0.1) is 6.54 Å². The molecule has 0 spiro atoms. The van der Waals surface area contributed by atoms with E-state index in [0.29, 0.717) is 0 Å². The molecule has 0 radical (unpaired) electrons. The lowest BCUT2D eigenvalue weighted by atomic mass is 10.1. The van der Waals surface area contributed by atoms with Gasteiger partial charge in [-0.1, -0.05) is 25.6 Å². The molecule has 0 unspecified atom stereocenters. The van der Waals surface area contributed by atoms with E-state index in [2.05, 4.69) is 29.1 Å². The molecule has 0 amide bonds. The summed E-state index contributed by atoms with van der Waals surface area (Å²) in [5, 5.41) is 3.46. The van der Waals surface area contributed by atoms with Crippen LogP contribution in [0.5, 0.6) is 0 Å². The van der Waals surface area contributed by atoms with E-state index in [1.54, 1.807) is 11.8 Å². The summed E-state index contributed by atoms with van der Waals surface area (Å²) in [6.45, 7) is 6.60. The first-order valence-electron chi connectivity index (χ1n) is 4.45. The Morgan fingerprint density at radius 2 is 2.50 bits per heavy atom. The van der Waals surface area contributed by atoms with Gasteiger partial charge in [0.15, 0.2) is 5.17 Å². The van der Waals surface area contributed by atoms with Crippen molar-refractivity contribution in [3.63, 3.8) is 0 Å². The molecule has 12 heavy (non-hydrogen) atoms. The van der Waals surface area contributed by atoms with Crippen LogP contribution in [-0.4, -0.2) is 23.2 Å². The average molecular weight is 182 g/mol. The number of rotatable bonds is 2. The van der Waals surface area contributed by atoms with Crippen LogP contribution in [0.2, 0.25) is 0 Å². The van der Waals surface area contributed by atoms with E-state index >= 15 is 0 Å². The normalized spacial score (nSPS) is 21.4. The molecule has 2 aliphatic heterocycles. The molecule has 0 aromatic heterocycles. The zero-order valence-corrected chi connectivity index (χ0v) is 8.40. The van der Waals surface area contributed by atoms with Gasteiger partial charge in [-0.15, -0.1) is 0 Å². The average Bonchev–Trinajstić information content (AvgIpc) is 2.52. The third-order valence-electron chi connectivity index (χ3n) is 2.07. The molecule has 0 aliphatic carbocycles. The lowest BCUT2D eigenvalue weighted by Gasteiger charge is -2.17. The Morgan fingerprint density at radius 1 is 1.67 bits per heavy atom. The van der Waals surface area contributed by atoms with E-state index in [1.807, 2.05) is 0 Å². The second kappa shape index (κ2) is 3.13. The van der Waals surface area contributed by atoms with Gasteiger partial charge < -0.3 is 4.90 Å². The third-order valence-corrected chi connectivity index (χ3v) is 3.02. The molecular formula is C9H14N2S. The van der Waals surface area contributed by atoms with Gasteiger partial charge in [-0.05, 0) is 17.7 Å². The smallest absolute Gasteiger partial charge is 0.167 e. The number of allylic oxidation sites excluding steroid dienone is 1. The first-order valence-corrected chi connectivity index (χ1v) is 5.33. The number of amidine groups is 1. The molecule has 2 rings (SSSR count). The standard InChI is InChI=1S/C9H14N2S/c1-7(2)5-8-6-12-9-10-3-4-11(8)9/h6-7H,3-5H2,1-2H3. The molecule has 2 aliphatic rings. The molecule has 0 fully saturated rings. The maximum atomic E-state index is 4.41. The fourth-order valence-corrected chi connectivity index (χ4v) is 2.52. The summed E-state index contributed by atoms with van der Waals surface area (Å²) in [6.07, 6.45) is 1.19. The molecule has 0 saturated heterocycles. The summed E-state index contributed by atoms with van der Waals surface area (Å²) >= 11 is 1.78. The van der Waals surface area contributed by atoms with Gasteiger partial charge in [-0.2, -0.15) is 0 Å². The van der Waals surface area contributed by atoms with E-state index in [9.17, 15) is 0 Å². The van der Waals surface area contributed by atoms with E-state index in [1.165, 1.54) is 17.3 Å². The molecule has 0 bridgehead atoms. The molecule has 3 heteroatoms. The number of thioether (sulfide) groups is 1. The molecule has 2 nitrogen and oxygen atoms in total. The highest BCUT2D eigenvalue weighted by Crippen LogP contribution is 2.32. The van der Waals surface area contributed by atoms with Crippen molar-refractivity contribution in [3.05, 3.63) is 11.1 Å². The fourth-order valence-electron chi connectivity index (χ4n) is 1.55. The minimum Gasteiger partial charge on any atom is -0.322 e. The maximum absolute atomic E-state index is 4.41. The molecule has 0 saturated carbocycles. The number of nitrogens with zero attached hydrogens (tertiary/aromatic N) is 2. The molecule has 2 heterocycles. The Morgan fingerprint density at radius 3 is 3.25 bits per heavy atom. The number of hydrogen-bond acceptors (Lipinski definition) is 3. The molecular weight excluding hydrogens is 168 g/mol. The molecule has 0 atom stereocenters. The maximum Gasteiger partial charge on any atom is 0.167 e. The van der Waals surface area contributed by atoms with Gasteiger partial charge in [-0.3, -0.25) is 4.99 Å². The van der Waals surface area contributed by atoms with E-state index in [-0.39, 0.29) is 0 Å². The number of aliphatic imine (C=N–C) groups is 1. The summed E-state index contributed by atoms with van der Waals surface area (Å²) in [5.74, 6) is 0.747. The topological polar surface area (TPSA) is 15.6 Å². The minimum absolute atomic E-state index is 0.747. The van der Waals surface area contributed by atoms with Crippen molar-refractivity contribution < 1.29 is 0 Å². The van der Waals surface area contributed by atoms with Crippen LogP contribution >= 0.6 is 11.8 Å². The fraction of sp³-hybridized carbons (Fsp3) is 0.667. The summed E-state index contributed by atoms with van der Waals surface area (Å²) in [4.78, 5) is 6.76. The molecule has 0 aromatic carbocycles. The Kier molecular flexibility index (Phi) is 2.13. The van der Waals surface area contributed by atoms with E-state index in [4.69, 9.17) is 0 Å². The van der Waals surface area contributed by atoms with Gasteiger partial charge in [0.1, 0.15) is 0 Å². The van der Waals surface area contributed by atoms with Crippen molar-refractivity contribution in [2.75, 3.05) is 13.1 Å². The highest BCUT2D eigenvalue weighted by molar-refractivity contribution is 8.16. The first kappa shape index (κ1) is 8.17. The predicted molar refractivity (Wildman–Crippen MR) is 54.1 cm³/mol. The summed E-state index contributed by atoms with van der Waals surface area (Å²) in [7, 11) is 0. The second-order valence-electron chi connectivity index (χ2n) is 3.64. The van der Waals surface area contributed by atoms with Crippen LogP contribution in [0, 0.1) is 5.92 Å². The van der Waals surface area contributed by atoms with E-state index < -0.39 is 0 Å². The minimum atomic E-state index is 0.747. The van der Waals surface area contributed by atoms with Gasteiger partial charge >= 0.3 is 0 Å². The molecule has 0 N–H and O–H groups in total. The monoisotopic (exact) mass is 182 g/mol. The van der Waals surface area contributed by atoms with Crippen molar-refractivity contribution in [3.8, 4) is 0 Å². The van der Waals surface area contributed by atoms with E-state index in [0.717, 1.165) is 19.0 Å². The Balaban J connectivity index is 2.04. The number of hydrogen-bond donors (Lipinski definition) is 0. The largest absolute Gasteiger partial charge is 0.322 e. The van der Waals surface area contributed by atoms with Crippen LogP contribution in [0.3, 0.4) is 0 Å². The van der Waals surface area contributed by atoms with Crippen LogP contribution in [0.1, 0.15) is 20.3 Å². The zero-order valence-electron chi connectivity index (χ0n) is 7.58. The third kappa shape index (κ3) is 1.38. The van der Waals surface area contributed by atoms with Crippen molar-refractivity contribution in [2.24, 2.45) is 10.9 Å². The van der Waals surface area contributed by atoms with Crippen molar-refractivity contribution in [1.29, 1.82) is 0 Å². The quantitative estimate of drug-likeness (QED) is 0.651. The van der Waals surface area contributed by atoms with Gasteiger partial charge in [0.2, 0.25) is 0 Å². The highest BCUT2D eigenvalue weighted by atomic mass is 32.2. The van der Waals surface area contributed by atoms with Crippen molar-refractivity contribution >= 4 is 16.9 Å². The predicted octanol–water partition coefficient (Wildman–Crippen LogP) is 2.29. The van der Waals surface area contributed by atoms with Crippen LogP contribution in [0.15, 0.2) is 16.1 Å². The lowest BCUT2D eigenvalue weighted by molar-refractivity contribution is 0.499. The van der Waals surface area contributed by atoms with Crippen molar-refractivity contribution in [1.82, 2.24) is 4.90 Å². The Hall–Kier alpha value is -0.440. The Bertz CT molecular complexity index is 243. The summed E-state index contributed by atoms with van der Waals surface area (Å²) in [5.41, 5.74) is 1.46. The number of fused-ring (bicyclic) bond motifs is 1. The van der Waals surface area contributed by atoms with Gasteiger partial charge in [0.25, 0.3) is 0 Å². The summed E-state index contributed by atoms with van der Waals surface area (Å²) < 4.78 is 0. The van der Waals surface area contributed by atoms with Crippen LogP contribution in [0.4, 0.5) is 0 Å². The van der Waals surface area contributed by atoms with Crippen molar-refractivity contribution in [2.45, 2.75) is 20.3 Å². The van der Waals surface area contributed by atoms with Gasteiger partial charge in [-0.25, -0.2) is 0 Å². The van der Waals surface area contributed by atoms with Crippen LogP contribution < -0.4 is 0 Å². The highest BCUT2D eigenvalue weighted by Gasteiger charge is 2.25. The zero-order chi connectivity index (χ0) is 8.55. The van der Waals surface area contributed by atoms with Crippen LogP contribution in [-0.2, 0) is 0 Å². The van der Waals surface area contributed by atoms with Crippen LogP contribution in [0.25, 0.3) is 0 Å². The SMILES string of the molecule is CC(C)CC1=CSC2=NCCN12. The molecule has 0 aromatic rings. The Labute approximate surface area is 77.7 Å². The lowest BCUT2D eigenvalue weighted by Crippen LogP contribution is -2.21.